The molecule has 38 heteroatoms. The molecule has 38 nitrogen and oxygen atoms in total. The van der Waals surface area contributed by atoms with Gasteiger partial charge in [-0.15, -0.1) is 0 Å². The number of aliphatic hydroxyl groups is 13. The summed E-state index contributed by atoms with van der Waals surface area (Å²) in [4.78, 5) is 99.6. The molecule has 0 spiro atoms. The van der Waals surface area contributed by atoms with E-state index in [0.29, 0.717) is 5.56 Å². The van der Waals surface area contributed by atoms with Gasteiger partial charge in [0.15, 0.2) is 24.4 Å². The molecule has 24 N–H and O–H groups in total. The van der Waals surface area contributed by atoms with Crippen molar-refractivity contribution in [1.29, 1.82) is 10.8 Å². The molecule has 4 unspecified atom stereocenters. The van der Waals surface area contributed by atoms with E-state index in [0.717, 1.165) is 4.90 Å². The van der Waals surface area contributed by atoms with Gasteiger partial charge in [0.25, 0.3) is 0 Å². The number of guanidine groups is 2. The first-order chi connectivity index (χ1) is 45.1. The number of nitrogens with one attached hydrogen (secondary N) is 11. The van der Waals surface area contributed by atoms with E-state index in [-0.39, 0.29) is 30.2 Å². The lowest BCUT2D eigenvalue weighted by Gasteiger charge is -2.46. The topological polar surface area (TPSA) is 597 Å². The quantitative estimate of drug-likeness (QED) is 0.0581. The number of carbonyl (C=O) groups is 7. The minimum absolute atomic E-state index is 0.0883. The van der Waals surface area contributed by atoms with Crippen LogP contribution in [0.3, 0.4) is 0 Å². The van der Waals surface area contributed by atoms with Crippen LogP contribution in [-0.4, -0.2) is 317 Å². The van der Waals surface area contributed by atoms with Gasteiger partial charge in [0, 0.05) is 25.9 Å². The van der Waals surface area contributed by atoms with E-state index in [4.69, 9.17) is 39.2 Å². The third-order valence-electron chi connectivity index (χ3n) is 16.8. The lowest BCUT2D eigenvalue weighted by molar-refractivity contribution is -0.352. The molecule has 95 heavy (non-hydrogen) atoms. The summed E-state index contributed by atoms with van der Waals surface area (Å²) in [5, 5.41) is 181. The lowest BCUT2D eigenvalue weighted by atomic mass is 9.95. The average Bonchev–Trinajstić information content (AvgIpc) is 1.76. The summed E-state index contributed by atoms with van der Waals surface area (Å²) in [6, 6.07) is 0.626. The largest absolute Gasteiger partial charge is 0.463 e. The van der Waals surface area contributed by atoms with Crippen molar-refractivity contribution in [2.24, 2.45) is 5.92 Å². The molecule has 0 aromatic heterocycles. The average molecular weight is 1350 g/mol. The SMILES string of the molecule is CC(C)C(=O)OC[C@H]1O[C@H](O[C@H]2[C@H](O)[C@H](O)[C@@H](Oc3ccc(C[C@H]4NC(=O)[C@H](Cc5ccccc5)NC(=O)CNC(=O)[C@H](CO)NC(=O)[C@@H](C(O)C5CNC(=N)N5[C@H]5O[C@H](CO)[C@@H](O)[C@H](O)[C@@H]5O)NC(=O)[C@H](C(O)C5CNC(=N)N5)NC4=O)cc3)O[C@@H]2CO)[C@@H](O)[C@@H](O)[C@@H]1O. The van der Waals surface area contributed by atoms with E-state index >= 15 is 9.59 Å². The highest BCUT2D eigenvalue weighted by molar-refractivity contribution is 5.98. The van der Waals surface area contributed by atoms with Crippen molar-refractivity contribution in [1.82, 2.24) is 52.8 Å². The van der Waals surface area contributed by atoms with Gasteiger partial charge in [-0.25, -0.2) is 0 Å². The predicted molar refractivity (Wildman–Crippen MR) is 316 cm³/mol. The van der Waals surface area contributed by atoms with Gasteiger partial charge in [-0.05, 0) is 23.3 Å². The van der Waals surface area contributed by atoms with Crippen molar-refractivity contribution in [3.8, 4) is 5.75 Å². The minimum Gasteiger partial charge on any atom is -0.463 e. The van der Waals surface area contributed by atoms with Gasteiger partial charge >= 0.3 is 5.97 Å². The Bertz CT molecular complexity index is 3020. The Morgan fingerprint density at radius 2 is 1.14 bits per heavy atom. The molecule has 2 aromatic carbocycles. The number of carbonyl (C=O) groups excluding carboxylic acids is 7. The highest BCUT2D eigenvalue weighted by Crippen LogP contribution is 2.32. The van der Waals surface area contributed by atoms with Gasteiger partial charge in [-0.2, -0.15) is 0 Å². The zero-order valence-corrected chi connectivity index (χ0v) is 51.1. The van der Waals surface area contributed by atoms with Gasteiger partial charge in [-0.3, -0.25) is 44.4 Å². The Kier molecular flexibility index (Phi) is 25.0. The highest BCUT2D eigenvalue weighted by atomic mass is 16.7. The molecule has 0 radical (unpaired) electrons. The van der Waals surface area contributed by atoms with Gasteiger partial charge in [0.1, 0.15) is 128 Å². The van der Waals surface area contributed by atoms with Crippen molar-refractivity contribution in [2.45, 2.75) is 173 Å². The first kappa shape index (κ1) is 73.2. The molecule has 6 aliphatic rings. The van der Waals surface area contributed by atoms with Crippen LogP contribution >= 0.6 is 0 Å². The maximum Gasteiger partial charge on any atom is 0.308 e. The van der Waals surface area contributed by atoms with Gasteiger partial charge in [-0.1, -0.05) is 56.3 Å². The zero-order valence-electron chi connectivity index (χ0n) is 51.1. The standard InChI is InChI=1S/C57H82N12O26/c1-21(2)53(89)90-20-32-39(77)41(79)44(82)55(94-32)95-46-31(19-72)93-54(45(83)42(46)80)91-24-10-8-23(9-11-24)13-26-49(86)67-34(36(74)27-14-61-56(58)66-27)51(88)68-35(37(75)29-15-62-57(59)69(29)52-43(81)40(78)38(76)30(18-71)92-52)50(87)65-28(17-70)47(84)60-16-33(73)63-25(48(85)64-26)12-22-6-4-3-5-7-22/h3-11,21,25-32,34-46,52,54-55,70-72,74-83H,12-20H2,1-2H3,(H2,59,62)(H,60,84)(H,63,73)(H,64,85)(H,65,87)(H,67,86)(H,68,88)(H3,58,61,66)/t25-,26+,27?,28-,29?,30+,31+,32+,34-,35+,36?,37?,38+,39+,40-,41-,42+,43-,44-,45-,46+,52-,54-,55+/m0/s1. The fraction of sp³-hybridized carbons (Fsp3) is 0.632. The molecule has 6 saturated heterocycles. The maximum atomic E-state index is 15.1. The van der Waals surface area contributed by atoms with Crippen LogP contribution in [0, 0.1) is 16.7 Å². The van der Waals surface area contributed by atoms with Crippen LogP contribution in [0.5, 0.6) is 5.75 Å². The summed E-state index contributed by atoms with van der Waals surface area (Å²) >= 11 is 0. The molecule has 526 valence electrons. The fourth-order valence-corrected chi connectivity index (χ4v) is 11.3. The van der Waals surface area contributed by atoms with Crippen molar-refractivity contribution < 1.29 is 128 Å². The van der Waals surface area contributed by atoms with Crippen molar-refractivity contribution in [3.63, 3.8) is 0 Å². The monoisotopic (exact) mass is 1350 g/mol. The molecule has 0 aliphatic carbocycles. The Morgan fingerprint density at radius 3 is 1.77 bits per heavy atom. The number of rotatable bonds is 19. The third kappa shape index (κ3) is 17.3. The first-order valence-corrected chi connectivity index (χ1v) is 30.3. The summed E-state index contributed by atoms with van der Waals surface area (Å²) in [7, 11) is 0. The molecule has 2 aromatic rings. The van der Waals surface area contributed by atoms with Gasteiger partial charge in [0.05, 0.1) is 44.4 Å². The Labute approximate surface area is 540 Å². The number of aliphatic hydroxyl groups excluding tert-OH is 13. The van der Waals surface area contributed by atoms with E-state index in [2.05, 4.69) is 47.9 Å². The number of benzene rings is 2. The second kappa shape index (κ2) is 32.4. The van der Waals surface area contributed by atoms with E-state index in [1.54, 1.807) is 44.2 Å². The first-order valence-electron chi connectivity index (χ1n) is 30.3. The smallest absolute Gasteiger partial charge is 0.308 e. The summed E-state index contributed by atoms with van der Waals surface area (Å²) in [5.74, 6) is -9.69. The molecule has 24 atom stereocenters. The van der Waals surface area contributed by atoms with E-state index in [9.17, 15) is 90.4 Å². The Balaban J connectivity index is 1.08. The van der Waals surface area contributed by atoms with Gasteiger partial charge < -0.3 is 148 Å². The van der Waals surface area contributed by atoms with E-state index in [1.807, 2.05) is 0 Å². The van der Waals surface area contributed by atoms with Gasteiger partial charge in [0.2, 0.25) is 41.7 Å². The molecule has 0 bridgehead atoms. The number of amides is 6. The Morgan fingerprint density at radius 1 is 0.568 bits per heavy atom. The van der Waals surface area contributed by atoms with Crippen LogP contribution in [0.4, 0.5) is 0 Å². The highest BCUT2D eigenvalue weighted by Gasteiger charge is 2.54. The number of hydrogen-bond donors (Lipinski definition) is 24. The van der Waals surface area contributed by atoms with Crippen LogP contribution in [0.1, 0.15) is 25.0 Å². The fourth-order valence-electron chi connectivity index (χ4n) is 11.3. The summed E-state index contributed by atoms with van der Waals surface area (Å²) < 4.78 is 33.8. The maximum absolute atomic E-state index is 15.1. The normalized spacial score (nSPS) is 36.1. The second-order valence-corrected chi connectivity index (χ2v) is 23.8. The van der Waals surface area contributed by atoms with Crippen molar-refractivity contribution in [2.75, 3.05) is 46.1 Å². The van der Waals surface area contributed by atoms with E-state index in [1.165, 1.54) is 24.3 Å². The van der Waals surface area contributed by atoms with Crippen molar-refractivity contribution >= 4 is 53.3 Å². The third-order valence-corrected chi connectivity index (χ3v) is 16.8. The second-order valence-electron chi connectivity index (χ2n) is 23.8. The van der Waals surface area contributed by atoms with Crippen LogP contribution in [0.2, 0.25) is 0 Å². The van der Waals surface area contributed by atoms with Crippen LogP contribution in [0.25, 0.3) is 0 Å². The van der Waals surface area contributed by atoms with Crippen molar-refractivity contribution in [3.05, 3.63) is 65.7 Å². The molecule has 0 saturated carbocycles. The molecule has 6 aliphatic heterocycles. The molecule has 8 rings (SSSR count). The number of ether oxygens (including phenoxy) is 6. The minimum atomic E-state index is -2.36. The zero-order chi connectivity index (χ0) is 69.3. The molecular formula is C57H82N12O26. The summed E-state index contributed by atoms with van der Waals surface area (Å²) in [5.41, 5.74) is 0.686. The molecule has 6 fully saturated rings. The van der Waals surface area contributed by atoms with Crippen LogP contribution in [-0.2, 0) is 70.1 Å². The van der Waals surface area contributed by atoms with Crippen LogP contribution in [0.15, 0.2) is 54.6 Å². The predicted octanol–water partition coefficient (Wildman–Crippen LogP) is -12.5. The molecule has 6 amide bonds. The lowest BCUT2D eigenvalue weighted by Crippen LogP contribution is -2.69. The molecule has 6 heterocycles. The number of hydrogen-bond acceptors (Lipinski definition) is 28. The number of esters is 1. The molecular weight excluding hydrogens is 1270 g/mol. The number of nitrogens with zero attached hydrogens (tertiary/aromatic N) is 1. The summed E-state index contributed by atoms with van der Waals surface area (Å²) in [6.45, 7) is -2.15. The summed E-state index contributed by atoms with van der Waals surface area (Å²) in [6.07, 6.45) is -32.4. The van der Waals surface area contributed by atoms with Crippen LogP contribution < -0.4 is 52.6 Å². The Hall–Kier alpha value is -7.61. The van der Waals surface area contributed by atoms with E-state index < -0.39 is 246 Å².